The topological polar surface area (TPSA) is 21.3 Å². The summed E-state index contributed by atoms with van der Waals surface area (Å²) >= 11 is 0. The number of fused-ring (bicyclic) bond motifs is 4. The Balaban J connectivity index is 2.06. The Morgan fingerprint density at radius 3 is 2.90 bits per heavy atom. The van der Waals surface area contributed by atoms with E-state index in [4.69, 9.17) is 4.74 Å². The minimum atomic E-state index is 0.251. The number of benzene rings is 1. The highest BCUT2D eigenvalue weighted by molar-refractivity contribution is 5.44. The Bertz CT molecular complexity index is 498. The summed E-state index contributed by atoms with van der Waals surface area (Å²) in [7, 11) is 2.15. The molecular formula is C19H29NO. The zero-order chi connectivity index (χ0) is 14.9. The molecule has 2 aliphatic rings. The molecule has 0 saturated heterocycles. The molecule has 1 saturated carbocycles. The minimum Gasteiger partial charge on any atom is -0.494 e. The molecule has 1 aromatic carbocycles. The summed E-state index contributed by atoms with van der Waals surface area (Å²) in [6.45, 7) is 5.27. The largest absolute Gasteiger partial charge is 0.494 e. The van der Waals surface area contributed by atoms with Crippen molar-refractivity contribution >= 4 is 0 Å². The summed E-state index contributed by atoms with van der Waals surface area (Å²) in [6, 6.07) is 7.40. The van der Waals surface area contributed by atoms with Gasteiger partial charge in [0.25, 0.3) is 0 Å². The second kappa shape index (κ2) is 6.00. The fourth-order valence-electron chi connectivity index (χ4n) is 4.80. The Morgan fingerprint density at radius 1 is 1.29 bits per heavy atom. The Hall–Kier alpha value is -1.02. The predicted octanol–water partition coefficient (Wildman–Crippen LogP) is 4.07. The summed E-state index contributed by atoms with van der Waals surface area (Å²) < 4.78 is 5.76. The van der Waals surface area contributed by atoms with Gasteiger partial charge in [-0.05, 0) is 62.4 Å². The average molecular weight is 287 g/mol. The Morgan fingerprint density at radius 2 is 2.14 bits per heavy atom. The molecule has 3 rings (SSSR count). The number of rotatable bonds is 3. The lowest BCUT2D eigenvalue weighted by molar-refractivity contribution is 0.174. The molecule has 2 nitrogen and oxygen atoms in total. The van der Waals surface area contributed by atoms with Gasteiger partial charge in [-0.1, -0.05) is 32.3 Å². The lowest BCUT2D eigenvalue weighted by Crippen LogP contribution is -2.54. The van der Waals surface area contributed by atoms with Crippen molar-refractivity contribution in [3.63, 3.8) is 0 Å². The monoisotopic (exact) mass is 287 g/mol. The fraction of sp³-hybridized carbons (Fsp3) is 0.684. The highest BCUT2D eigenvalue weighted by Gasteiger charge is 2.44. The molecule has 0 heterocycles. The molecule has 2 heteroatoms. The van der Waals surface area contributed by atoms with E-state index in [9.17, 15) is 0 Å². The normalized spacial score (nSPS) is 32.0. The van der Waals surface area contributed by atoms with Crippen LogP contribution in [0.3, 0.4) is 0 Å². The lowest BCUT2D eigenvalue weighted by Gasteiger charge is -2.49. The molecule has 2 aliphatic carbocycles. The van der Waals surface area contributed by atoms with Gasteiger partial charge in [-0.2, -0.15) is 0 Å². The molecular weight excluding hydrogens is 258 g/mol. The summed E-state index contributed by atoms with van der Waals surface area (Å²) in [6.07, 6.45) is 8.02. The van der Waals surface area contributed by atoms with Crippen molar-refractivity contribution in [2.45, 2.75) is 63.8 Å². The van der Waals surface area contributed by atoms with Gasteiger partial charge >= 0.3 is 0 Å². The van der Waals surface area contributed by atoms with Gasteiger partial charge in [0.1, 0.15) is 5.75 Å². The van der Waals surface area contributed by atoms with Gasteiger partial charge in [0.2, 0.25) is 0 Å². The minimum absolute atomic E-state index is 0.251. The van der Waals surface area contributed by atoms with Crippen LogP contribution in [0.1, 0.15) is 57.1 Å². The van der Waals surface area contributed by atoms with Crippen molar-refractivity contribution < 1.29 is 4.74 Å². The SMILES string of the molecule is CCOc1ccc2c(c1)[C@@]1(C)CCCCC[C@@H](C2)[C@@H]1NC. The quantitative estimate of drug-likeness (QED) is 0.905. The lowest BCUT2D eigenvalue weighted by atomic mass is 9.59. The molecule has 0 unspecified atom stereocenters. The van der Waals surface area contributed by atoms with Crippen molar-refractivity contribution in [2.24, 2.45) is 5.92 Å². The van der Waals surface area contributed by atoms with Crippen molar-refractivity contribution in [2.75, 3.05) is 13.7 Å². The molecule has 0 spiro atoms. The Kier molecular flexibility index (Phi) is 4.26. The number of hydrogen-bond acceptors (Lipinski definition) is 2. The first-order chi connectivity index (χ1) is 10.2. The molecule has 0 amide bonds. The molecule has 2 bridgehead atoms. The number of nitrogens with one attached hydrogen (secondary N) is 1. The van der Waals surface area contributed by atoms with E-state index in [1.54, 1.807) is 5.56 Å². The van der Waals surface area contributed by atoms with Crippen LogP contribution in [0, 0.1) is 5.92 Å². The third kappa shape index (κ3) is 2.59. The molecule has 0 aliphatic heterocycles. The number of hydrogen-bond donors (Lipinski definition) is 1. The highest BCUT2D eigenvalue weighted by atomic mass is 16.5. The van der Waals surface area contributed by atoms with E-state index in [0.717, 1.165) is 18.3 Å². The van der Waals surface area contributed by atoms with E-state index in [1.165, 1.54) is 44.1 Å². The van der Waals surface area contributed by atoms with Crippen LogP contribution in [0.5, 0.6) is 5.75 Å². The second-order valence-corrected chi connectivity index (χ2v) is 7.00. The molecule has 0 radical (unpaired) electrons. The molecule has 21 heavy (non-hydrogen) atoms. The summed E-state index contributed by atoms with van der Waals surface area (Å²) in [5.41, 5.74) is 3.34. The molecule has 1 N–H and O–H groups in total. The molecule has 1 fully saturated rings. The van der Waals surface area contributed by atoms with Gasteiger partial charge in [0.15, 0.2) is 0 Å². The zero-order valence-electron chi connectivity index (χ0n) is 13.7. The van der Waals surface area contributed by atoms with Crippen LogP contribution < -0.4 is 10.1 Å². The highest BCUT2D eigenvalue weighted by Crippen LogP contribution is 2.47. The standard InChI is InChI=1S/C19H29NO/c1-4-21-16-10-9-14-12-15-8-6-5-7-11-19(2,17(14)13-16)18(15)20-3/h9-10,13,15,18,20H,4-8,11-12H2,1-3H3/t15-,18-,19+/m0/s1. The van der Waals surface area contributed by atoms with Gasteiger partial charge in [0.05, 0.1) is 6.61 Å². The summed E-state index contributed by atoms with van der Waals surface area (Å²) in [5, 5.41) is 3.67. The summed E-state index contributed by atoms with van der Waals surface area (Å²) in [4.78, 5) is 0. The van der Waals surface area contributed by atoms with Crippen molar-refractivity contribution in [3.05, 3.63) is 29.3 Å². The van der Waals surface area contributed by atoms with E-state index >= 15 is 0 Å². The van der Waals surface area contributed by atoms with Crippen molar-refractivity contribution in [1.29, 1.82) is 0 Å². The van der Waals surface area contributed by atoms with E-state index in [1.807, 2.05) is 0 Å². The maximum atomic E-state index is 5.76. The van der Waals surface area contributed by atoms with Crippen LogP contribution in [-0.4, -0.2) is 19.7 Å². The average Bonchev–Trinajstić information content (AvgIpc) is 2.47. The van der Waals surface area contributed by atoms with Gasteiger partial charge in [-0.3, -0.25) is 0 Å². The smallest absolute Gasteiger partial charge is 0.119 e. The summed E-state index contributed by atoms with van der Waals surface area (Å²) in [5.74, 6) is 1.82. The Labute approximate surface area is 129 Å². The number of likely N-dealkylation sites (N-methyl/N-ethyl adjacent to an activating group) is 1. The third-order valence-electron chi connectivity index (χ3n) is 5.73. The predicted molar refractivity (Wildman–Crippen MR) is 88.1 cm³/mol. The van der Waals surface area contributed by atoms with Crippen LogP contribution in [-0.2, 0) is 11.8 Å². The first-order valence-corrected chi connectivity index (χ1v) is 8.62. The van der Waals surface area contributed by atoms with Crippen LogP contribution in [0.15, 0.2) is 18.2 Å². The molecule has 1 aromatic rings. The third-order valence-corrected chi connectivity index (χ3v) is 5.73. The van der Waals surface area contributed by atoms with Crippen LogP contribution in [0.4, 0.5) is 0 Å². The van der Waals surface area contributed by atoms with Crippen LogP contribution in [0.25, 0.3) is 0 Å². The van der Waals surface area contributed by atoms with E-state index in [0.29, 0.717) is 6.04 Å². The maximum Gasteiger partial charge on any atom is 0.119 e. The van der Waals surface area contributed by atoms with Gasteiger partial charge < -0.3 is 10.1 Å². The van der Waals surface area contributed by atoms with Gasteiger partial charge in [0, 0.05) is 11.5 Å². The van der Waals surface area contributed by atoms with Gasteiger partial charge in [-0.15, -0.1) is 0 Å². The second-order valence-electron chi connectivity index (χ2n) is 7.00. The van der Waals surface area contributed by atoms with E-state index in [2.05, 4.69) is 44.4 Å². The van der Waals surface area contributed by atoms with Crippen LogP contribution in [0.2, 0.25) is 0 Å². The van der Waals surface area contributed by atoms with Crippen LogP contribution >= 0.6 is 0 Å². The van der Waals surface area contributed by atoms with E-state index in [-0.39, 0.29) is 5.41 Å². The molecule has 116 valence electrons. The number of ether oxygens (including phenoxy) is 1. The van der Waals surface area contributed by atoms with Crippen molar-refractivity contribution in [1.82, 2.24) is 5.32 Å². The molecule has 3 atom stereocenters. The fourth-order valence-corrected chi connectivity index (χ4v) is 4.80. The first-order valence-electron chi connectivity index (χ1n) is 8.62. The van der Waals surface area contributed by atoms with Gasteiger partial charge in [-0.25, -0.2) is 0 Å². The van der Waals surface area contributed by atoms with E-state index < -0.39 is 0 Å². The first kappa shape index (κ1) is 14.9. The van der Waals surface area contributed by atoms with Crippen molar-refractivity contribution in [3.8, 4) is 5.75 Å². The maximum absolute atomic E-state index is 5.76. The molecule has 0 aromatic heterocycles. The zero-order valence-corrected chi connectivity index (χ0v) is 13.7.